The molecule has 0 saturated heterocycles. The van der Waals surface area contributed by atoms with Gasteiger partial charge in [0.15, 0.2) is 11.6 Å². The highest BCUT2D eigenvalue weighted by Crippen LogP contribution is 2.23. The number of hydrogen-bond donors (Lipinski definition) is 2. The molecular formula is C21H18ClN5O. The third kappa shape index (κ3) is 4.47. The van der Waals surface area contributed by atoms with E-state index in [9.17, 15) is 0 Å². The molecule has 2 heterocycles. The Balaban J connectivity index is 1.62. The number of anilines is 3. The van der Waals surface area contributed by atoms with E-state index < -0.39 is 0 Å². The first-order chi connectivity index (χ1) is 13.7. The first-order valence-corrected chi connectivity index (χ1v) is 9.17. The van der Waals surface area contributed by atoms with Gasteiger partial charge in [-0.05, 0) is 24.6 Å². The predicted molar refractivity (Wildman–Crippen MR) is 111 cm³/mol. The van der Waals surface area contributed by atoms with Gasteiger partial charge in [0.1, 0.15) is 17.4 Å². The van der Waals surface area contributed by atoms with E-state index in [1.165, 1.54) is 0 Å². The Morgan fingerprint density at radius 2 is 1.64 bits per heavy atom. The highest BCUT2D eigenvalue weighted by Gasteiger charge is 2.09. The molecule has 0 unspecified atom stereocenters. The summed E-state index contributed by atoms with van der Waals surface area (Å²) in [5.41, 5.74) is 2.03. The Morgan fingerprint density at radius 1 is 0.893 bits per heavy atom. The third-order valence-electron chi connectivity index (χ3n) is 4.03. The van der Waals surface area contributed by atoms with Crippen molar-refractivity contribution in [3.63, 3.8) is 0 Å². The fourth-order valence-electron chi connectivity index (χ4n) is 2.67. The molecule has 4 rings (SSSR count). The number of benzene rings is 2. The molecule has 0 aliphatic carbocycles. The van der Waals surface area contributed by atoms with Crippen LogP contribution in [0.2, 0.25) is 5.02 Å². The van der Waals surface area contributed by atoms with Crippen LogP contribution in [0.25, 0.3) is 11.4 Å². The van der Waals surface area contributed by atoms with Crippen LogP contribution in [0.1, 0.15) is 11.3 Å². The maximum atomic E-state index is 5.95. The van der Waals surface area contributed by atoms with Gasteiger partial charge in [0.05, 0.1) is 0 Å². The second kappa shape index (κ2) is 8.10. The Bertz CT molecular complexity index is 1060. The summed E-state index contributed by atoms with van der Waals surface area (Å²) in [5.74, 6) is 3.26. The summed E-state index contributed by atoms with van der Waals surface area (Å²) in [6.45, 7) is 2.46. The van der Waals surface area contributed by atoms with Gasteiger partial charge in [-0.1, -0.05) is 59.2 Å². The summed E-state index contributed by atoms with van der Waals surface area (Å²) in [6, 6.07) is 21.2. The Hall–Kier alpha value is -3.38. The summed E-state index contributed by atoms with van der Waals surface area (Å²) in [5, 5.41) is 11.2. The summed E-state index contributed by atoms with van der Waals surface area (Å²) < 4.78 is 5.11. The first-order valence-electron chi connectivity index (χ1n) is 8.79. The molecule has 0 bridgehead atoms. The Kier molecular flexibility index (Phi) is 5.21. The molecule has 0 radical (unpaired) electrons. The van der Waals surface area contributed by atoms with Crippen LogP contribution in [0.15, 0.2) is 71.3 Å². The molecule has 7 heteroatoms. The van der Waals surface area contributed by atoms with Crippen molar-refractivity contribution < 1.29 is 4.52 Å². The molecular weight excluding hydrogens is 374 g/mol. The smallest absolute Gasteiger partial charge is 0.175 e. The largest absolute Gasteiger partial charge is 0.366 e. The lowest BCUT2D eigenvalue weighted by atomic mass is 10.2. The fourth-order valence-corrected chi connectivity index (χ4v) is 2.80. The van der Waals surface area contributed by atoms with E-state index in [1.807, 2.05) is 73.7 Å². The summed E-state index contributed by atoms with van der Waals surface area (Å²) >= 11 is 5.95. The second-order valence-corrected chi connectivity index (χ2v) is 6.69. The lowest BCUT2D eigenvalue weighted by Gasteiger charge is -2.11. The molecule has 4 aromatic rings. The van der Waals surface area contributed by atoms with Crippen LogP contribution in [-0.2, 0) is 6.54 Å². The number of halogens is 1. The number of hydrogen-bond acceptors (Lipinski definition) is 6. The average Bonchev–Trinajstić information content (AvgIpc) is 3.12. The van der Waals surface area contributed by atoms with Crippen LogP contribution in [0.4, 0.5) is 17.5 Å². The minimum atomic E-state index is 0.596. The third-order valence-corrected chi connectivity index (χ3v) is 4.28. The van der Waals surface area contributed by atoms with Crippen LogP contribution in [0, 0.1) is 6.92 Å². The van der Waals surface area contributed by atoms with Crippen molar-refractivity contribution in [2.75, 3.05) is 10.6 Å². The van der Waals surface area contributed by atoms with E-state index in [2.05, 4.69) is 25.8 Å². The lowest BCUT2D eigenvalue weighted by molar-refractivity contribution is 0.400. The van der Waals surface area contributed by atoms with Gasteiger partial charge in [-0.2, -0.15) is 0 Å². The van der Waals surface area contributed by atoms with Crippen molar-refractivity contribution in [3.8, 4) is 11.4 Å². The molecule has 2 N–H and O–H groups in total. The van der Waals surface area contributed by atoms with Crippen LogP contribution < -0.4 is 10.6 Å². The molecule has 2 aromatic carbocycles. The average molecular weight is 392 g/mol. The van der Waals surface area contributed by atoms with Crippen molar-refractivity contribution in [1.82, 2.24) is 15.1 Å². The highest BCUT2D eigenvalue weighted by molar-refractivity contribution is 6.30. The van der Waals surface area contributed by atoms with E-state index >= 15 is 0 Å². The standard InChI is InChI=1S/C21H18ClN5O/c1-14-11-20(27-28-14)24-19-12-18(23-13-15-7-9-17(22)10-8-15)25-21(26-19)16-5-3-2-4-6-16/h2-12H,13H2,1H3,(H2,23,24,25,26,27). The number of rotatable bonds is 6. The molecule has 0 aliphatic heterocycles. The second-order valence-electron chi connectivity index (χ2n) is 6.26. The van der Waals surface area contributed by atoms with Gasteiger partial charge in [-0.25, -0.2) is 9.97 Å². The molecule has 0 atom stereocenters. The number of nitrogens with zero attached hydrogens (tertiary/aromatic N) is 3. The Labute approximate surface area is 167 Å². The van der Waals surface area contributed by atoms with Gasteiger partial charge < -0.3 is 15.2 Å². The zero-order valence-electron chi connectivity index (χ0n) is 15.2. The van der Waals surface area contributed by atoms with Gasteiger partial charge in [-0.15, -0.1) is 0 Å². The van der Waals surface area contributed by atoms with Crippen LogP contribution >= 0.6 is 11.6 Å². The zero-order chi connectivity index (χ0) is 19.3. The summed E-state index contributed by atoms with van der Waals surface area (Å²) in [6.07, 6.45) is 0. The summed E-state index contributed by atoms with van der Waals surface area (Å²) in [4.78, 5) is 9.26. The van der Waals surface area contributed by atoms with E-state index in [-0.39, 0.29) is 0 Å². The van der Waals surface area contributed by atoms with Gasteiger partial charge in [0, 0.05) is 29.3 Å². The van der Waals surface area contributed by atoms with Crippen LogP contribution in [0.5, 0.6) is 0 Å². The molecule has 0 aliphatic rings. The van der Waals surface area contributed by atoms with E-state index in [0.29, 0.717) is 34.8 Å². The van der Waals surface area contributed by atoms with E-state index in [1.54, 1.807) is 0 Å². The Morgan fingerprint density at radius 3 is 2.36 bits per heavy atom. The predicted octanol–water partition coefficient (Wildman–Crippen LogP) is 5.45. The first kappa shape index (κ1) is 18.0. The van der Waals surface area contributed by atoms with E-state index in [4.69, 9.17) is 16.1 Å². The molecule has 0 fully saturated rings. The number of aromatic nitrogens is 3. The molecule has 0 amide bonds. The minimum Gasteiger partial charge on any atom is -0.366 e. The minimum absolute atomic E-state index is 0.596. The molecule has 28 heavy (non-hydrogen) atoms. The van der Waals surface area contributed by atoms with Crippen molar-refractivity contribution >= 4 is 29.1 Å². The van der Waals surface area contributed by atoms with Gasteiger partial charge in [-0.3, -0.25) is 0 Å². The van der Waals surface area contributed by atoms with Crippen molar-refractivity contribution in [1.29, 1.82) is 0 Å². The van der Waals surface area contributed by atoms with Crippen LogP contribution in [0.3, 0.4) is 0 Å². The molecule has 0 saturated carbocycles. The van der Waals surface area contributed by atoms with E-state index in [0.717, 1.165) is 16.9 Å². The molecule has 2 aromatic heterocycles. The van der Waals surface area contributed by atoms with Crippen molar-refractivity contribution in [3.05, 3.63) is 83.1 Å². The van der Waals surface area contributed by atoms with Gasteiger partial charge >= 0.3 is 0 Å². The fraction of sp³-hybridized carbons (Fsp3) is 0.0952. The van der Waals surface area contributed by atoms with Crippen LogP contribution in [-0.4, -0.2) is 15.1 Å². The van der Waals surface area contributed by atoms with Crippen molar-refractivity contribution in [2.24, 2.45) is 0 Å². The van der Waals surface area contributed by atoms with Gasteiger partial charge in [0.25, 0.3) is 0 Å². The number of aryl methyl sites for hydroxylation is 1. The highest BCUT2D eigenvalue weighted by atomic mass is 35.5. The molecule has 6 nitrogen and oxygen atoms in total. The molecule has 140 valence electrons. The SMILES string of the molecule is Cc1cc(Nc2cc(NCc3ccc(Cl)cc3)nc(-c3ccccc3)n2)no1. The maximum absolute atomic E-state index is 5.95. The van der Waals surface area contributed by atoms with Gasteiger partial charge in [0.2, 0.25) is 0 Å². The lowest BCUT2D eigenvalue weighted by Crippen LogP contribution is -2.05. The summed E-state index contributed by atoms with van der Waals surface area (Å²) in [7, 11) is 0. The zero-order valence-corrected chi connectivity index (χ0v) is 15.9. The number of nitrogens with one attached hydrogen (secondary N) is 2. The normalized spacial score (nSPS) is 10.6. The molecule has 0 spiro atoms. The monoisotopic (exact) mass is 391 g/mol. The maximum Gasteiger partial charge on any atom is 0.175 e. The van der Waals surface area contributed by atoms with Crippen molar-refractivity contribution in [2.45, 2.75) is 13.5 Å². The quantitative estimate of drug-likeness (QED) is 0.455. The topological polar surface area (TPSA) is 75.9 Å².